The second-order valence-electron chi connectivity index (χ2n) is 30.7. The summed E-state index contributed by atoms with van der Waals surface area (Å²) in [6, 6.07) is 0. The van der Waals surface area contributed by atoms with E-state index < -0.39 is 97.5 Å². The molecule has 0 saturated carbocycles. The van der Waals surface area contributed by atoms with Crippen LogP contribution in [0.2, 0.25) is 0 Å². The van der Waals surface area contributed by atoms with Crippen LogP contribution < -0.4 is 0 Å². The third-order valence-electron chi connectivity index (χ3n) is 19.5. The number of aliphatic hydroxyl groups excluding tert-OH is 1. The molecule has 0 rings (SSSR count). The summed E-state index contributed by atoms with van der Waals surface area (Å²) in [4.78, 5) is 73.0. The summed E-state index contributed by atoms with van der Waals surface area (Å²) in [7, 11) is -9.92. The standard InChI is InChI=1S/C82H160O17P2/c1-8-10-11-12-13-32-42-49-56-63-79(84)92-69-77(99-82(87)66-59-52-45-38-31-30-35-41-48-55-62-75(7)9-2)71-96-100(88,89)94-67-76(83)68-95-101(90,91)97-72-78(70-93-80(85)64-57-50-43-36-28-24-21-20-23-27-34-40-47-54-61-74(5)6)98-81(86)65-58-51-44-37-29-25-19-17-15-14-16-18-22-26-33-39-46-53-60-73(3)4/h73-78,83H,8-72H2,1-7H3,(H,88,89)(H,90,91)/t75?,76-,77+,78+/m0/s1. The van der Waals surface area contributed by atoms with E-state index in [4.69, 9.17) is 37.0 Å². The summed E-state index contributed by atoms with van der Waals surface area (Å²) in [5.41, 5.74) is 0. The molecule has 0 spiro atoms. The lowest BCUT2D eigenvalue weighted by molar-refractivity contribution is -0.161. The summed E-state index contributed by atoms with van der Waals surface area (Å²) in [5, 5.41) is 10.6. The molecule has 0 heterocycles. The van der Waals surface area contributed by atoms with Crippen LogP contribution >= 0.6 is 15.6 Å². The normalized spacial score (nSPS) is 14.2. The predicted molar refractivity (Wildman–Crippen MR) is 414 cm³/mol. The molecule has 3 N–H and O–H groups in total. The smallest absolute Gasteiger partial charge is 0.462 e. The lowest BCUT2D eigenvalue weighted by Crippen LogP contribution is -2.30. The van der Waals surface area contributed by atoms with Crippen molar-refractivity contribution < 1.29 is 80.2 Å². The molecule has 0 radical (unpaired) electrons. The zero-order valence-electron chi connectivity index (χ0n) is 66.4. The number of unbranched alkanes of at least 4 members (excludes halogenated alkanes) is 47. The maximum atomic E-state index is 13.1. The lowest BCUT2D eigenvalue weighted by atomic mass is 9.99. The van der Waals surface area contributed by atoms with Gasteiger partial charge in [0.1, 0.15) is 19.3 Å². The number of hydrogen-bond donors (Lipinski definition) is 3. The molecule has 0 aliphatic rings. The average Bonchev–Trinajstić information content (AvgIpc) is 0.920. The number of carbonyl (C=O) groups is 4. The van der Waals surface area contributed by atoms with Crippen LogP contribution in [0.4, 0.5) is 0 Å². The van der Waals surface area contributed by atoms with Crippen LogP contribution in [-0.4, -0.2) is 96.7 Å². The minimum atomic E-state index is -4.96. The van der Waals surface area contributed by atoms with Crippen LogP contribution in [0.3, 0.4) is 0 Å². The van der Waals surface area contributed by atoms with Gasteiger partial charge in [-0.2, -0.15) is 0 Å². The van der Waals surface area contributed by atoms with Crippen molar-refractivity contribution in [3.05, 3.63) is 0 Å². The van der Waals surface area contributed by atoms with Gasteiger partial charge in [-0.05, 0) is 43.4 Å². The number of rotatable bonds is 80. The van der Waals surface area contributed by atoms with Gasteiger partial charge in [0.25, 0.3) is 0 Å². The van der Waals surface area contributed by atoms with Crippen molar-refractivity contribution in [2.45, 2.75) is 446 Å². The van der Waals surface area contributed by atoms with Gasteiger partial charge in [-0.3, -0.25) is 37.3 Å². The number of ether oxygens (including phenoxy) is 4. The summed E-state index contributed by atoms with van der Waals surface area (Å²) in [5.74, 6) is 0.312. The highest BCUT2D eigenvalue weighted by atomic mass is 31.2. The minimum absolute atomic E-state index is 0.106. The van der Waals surface area contributed by atoms with Crippen LogP contribution in [-0.2, 0) is 65.4 Å². The molecular formula is C82H160O17P2. The van der Waals surface area contributed by atoms with Gasteiger partial charge in [-0.15, -0.1) is 0 Å². The Kier molecular flexibility index (Phi) is 70.9. The summed E-state index contributed by atoms with van der Waals surface area (Å²) in [6.45, 7) is 12.0. The Morgan fingerprint density at radius 1 is 0.287 bits per heavy atom. The predicted octanol–water partition coefficient (Wildman–Crippen LogP) is 24.5. The molecule has 0 aliphatic carbocycles. The van der Waals surface area contributed by atoms with E-state index in [2.05, 4.69) is 48.5 Å². The molecule has 0 aromatic rings. The van der Waals surface area contributed by atoms with E-state index in [1.807, 2.05) is 0 Å². The van der Waals surface area contributed by atoms with Crippen molar-refractivity contribution in [3.8, 4) is 0 Å². The molecule has 6 atom stereocenters. The van der Waals surface area contributed by atoms with Crippen LogP contribution in [0, 0.1) is 17.8 Å². The van der Waals surface area contributed by atoms with Crippen LogP contribution in [0.15, 0.2) is 0 Å². The number of carbonyl (C=O) groups excluding carboxylic acids is 4. The minimum Gasteiger partial charge on any atom is -0.462 e. The topological polar surface area (TPSA) is 237 Å². The third kappa shape index (κ3) is 74.7. The fourth-order valence-corrected chi connectivity index (χ4v) is 14.2. The molecule has 3 unspecified atom stereocenters. The van der Waals surface area contributed by atoms with Crippen molar-refractivity contribution in [2.24, 2.45) is 17.8 Å². The van der Waals surface area contributed by atoms with Gasteiger partial charge < -0.3 is 33.8 Å². The molecule has 0 amide bonds. The Morgan fingerprint density at radius 2 is 0.505 bits per heavy atom. The second kappa shape index (κ2) is 72.3. The first-order chi connectivity index (χ1) is 48.8. The number of aliphatic hydroxyl groups is 1. The highest BCUT2D eigenvalue weighted by Crippen LogP contribution is 2.45. The Hall–Kier alpha value is -1.94. The second-order valence-corrected chi connectivity index (χ2v) is 33.6. The van der Waals surface area contributed by atoms with E-state index >= 15 is 0 Å². The molecule has 0 saturated heterocycles. The molecule has 19 heteroatoms. The van der Waals surface area contributed by atoms with Gasteiger partial charge in [0.05, 0.1) is 26.4 Å². The molecule has 0 aliphatic heterocycles. The highest BCUT2D eigenvalue weighted by molar-refractivity contribution is 7.47. The van der Waals surface area contributed by atoms with Gasteiger partial charge in [-0.25, -0.2) is 9.13 Å². The SMILES string of the molecule is CCCCCCCCCCCC(=O)OC[C@H](COP(=O)(O)OC[C@H](O)COP(=O)(O)OC[C@@H](COC(=O)CCCCCCCCCCCCCCCCC(C)C)OC(=O)CCCCCCCCCCCCCCCCCCCCC(C)C)OC(=O)CCCCCCCCCCCCC(C)CC. The Balaban J connectivity index is 5.22. The zero-order chi connectivity index (χ0) is 74.4. The summed E-state index contributed by atoms with van der Waals surface area (Å²) < 4.78 is 68.7. The maximum absolute atomic E-state index is 13.1. The van der Waals surface area contributed by atoms with Gasteiger partial charge in [-0.1, -0.05) is 376 Å². The van der Waals surface area contributed by atoms with Crippen molar-refractivity contribution in [1.82, 2.24) is 0 Å². The third-order valence-corrected chi connectivity index (χ3v) is 21.4. The van der Waals surface area contributed by atoms with E-state index in [0.29, 0.717) is 25.7 Å². The number of hydrogen-bond acceptors (Lipinski definition) is 15. The van der Waals surface area contributed by atoms with E-state index in [0.717, 1.165) is 108 Å². The van der Waals surface area contributed by atoms with Gasteiger partial charge >= 0.3 is 39.5 Å². The van der Waals surface area contributed by atoms with E-state index in [-0.39, 0.29) is 25.7 Å². The molecule has 101 heavy (non-hydrogen) atoms. The molecule has 600 valence electrons. The van der Waals surface area contributed by atoms with Crippen molar-refractivity contribution >= 4 is 39.5 Å². The van der Waals surface area contributed by atoms with E-state index in [1.54, 1.807) is 0 Å². The van der Waals surface area contributed by atoms with Crippen LogP contribution in [0.1, 0.15) is 427 Å². The van der Waals surface area contributed by atoms with Crippen molar-refractivity contribution in [3.63, 3.8) is 0 Å². The zero-order valence-corrected chi connectivity index (χ0v) is 68.2. The van der Waals surface area contributed by atoms with E-state index in [1.165, 1.54) is 238 Å². The molecule has 0 fully saturated rings. The number of phosphoric ester groups is 2. The Morgan fingerprint density at radius 3 is 0.752 bits per heavy atom. The quantitative estimate of drug-likeness (QED) is 0.0222. The largest absolute Gasteiger partial charge is 0.472 e. The van der Waals surface area contributed by atoms with Crippen molar-refractivity contribution in [2.75, 3.05) is 39.6 Å². The molecule has 0 aromatic heterocycles. The van der Waals surface area contributed by atoms with Crippen LogP contribution in [0.5, 0.6) is 0 Å². The molecule has 0 bridgehead atoms. The first kappa shape index (κ1) is 99.1. The molecule has 0 aromatic carbocycles. The van der Waals surface area contributed by atoms with Crippen molar-refractivity contribution in [1.29, 1.82) is 0 Å². The number of esters is 4. The molecular weight excluding hydrogens is 1320 g/mol. The van der Waals surface area contributed by atoms with Crippen LogP contribution in [0.25, 0.3) is 0 Å². The van der Waals surface area contributed by atoms with Gasteiger partial charge in [0.15, 0.2) is 12.2 Å². The monoisotopic (exact) mass is 1480 g/mol. The summed E-state index contributed by atoms with van der Waals surface area (Å²) in [6.07, 6.45) is 61.0. The fraction of sp³-hybridized carbons (Fsp3) is 0.951. The lowest BCUT2D eigenvalue weighted by Gasteiger charge is -2.21. The summed E-state index contributed by atoms with van der Waals surface area (Å²) >= 11 is 0. The van der Waals surface area contributed by atoms with E-state index in [9.17, 15) is 43.2 Å². The molecule has 17 nitrogen and oxygen atoms in total. The Labute approximate surface area is 619 Å². The van der Waals surface area contributed by atoms with Gasteiger partial charge in [0, 0.05) is 25.7 Å². The highest BCUT2D eigenvalue weighted by Gasteiger charge is 2.30. The maximum Gasteiger partial charge on any atom is 0.472 e. The fourth-order valence-electron chi connectivity index (χ4n) is 12.6. The number of phosphoric acid groups is 2. The average molecular weight is 1480 g/mol. The first-order valence-corrected chi connectivity index (χ1v) is 45.4. The first-order valence-electron chi connectivity index (χ1n) is 42.4. The van der Waals surface area contributed by atoms with Gasteiger partial charge in [0.2, 0.25) is 0 Å². The Bertz CT molecular complexity index is 1960.